The second-order valence-electron chi connectivity index (χ2n) is 4.23. The number of para-hydroxylation sites is 2. The molecule has 3 aromatic rings. The van der Waals surface area contributed by atoms with E-state index in [1.807, 2.05) is 48.3 Å². The first-order chi connectivity index (χ1) is 8.78. The van der Waals surface area contributed by atoms with E-state index in [1.54, 1.807) is 0 Å². The number of aryl methyl sites for hydroxylation is 2. The van der Waals surface area contributed by atoms with Crippen molar-refractivity contribution in [3.05, 3.63) is 42.4 Å². The van der Waals surface area contributed by atoms with Gasteiger partial charge in [-0.05, 0) is 26.0 Å². The van der Waals surface area contributed by atoms with Crippen LogP contribution in [0.4, 0.5) is 0 Å². The Labute approximate surface area is 105 Å². The van der Waals surface area contributed by atoms with Gasteiger partial charge in [-0.1, -0.05) is 12.1 Å². The lowest BCUT2D eigenvalue weighted by atomic mass is 10.2. The van der Waals surface area contributed by atoms with Crippen LogP contribution in [-0.4, -0.2) is 19.7 Å². The fourth-order valence-electron chi connectivity index (χ4n) is 2.02. The van der Waals surface area contributed by atoms with E-state index in [-0.39, 0.29) is 0 Å². The zero-order chi connectivity index (χ0) is 12.5. The van der Waals surface area contributed by atoms with Crippen LogP contribution in [0, 0.1) is 6.92 Å². The van der Waals surface area contributed by atoms with Gasteiger partial charge in [-0.25, -0.2) is 4.98 Å². The molecule has 0 radical (unpaired) electrons. The van der Waals surface area contributed by atoms with E-state index in [9.17, 15) is 0 Å². The SMILES string of the molecule is CCn1cc(-c2cnc3ccccc3n2)c(C)n1. The molecule has 0 fully saturated rings. The Bertz CT molecular complexity index is 700. The van der Waals surface area contributed by atoms with E-state index in [0.29, 0.717) is 0 Å². The van der Waals surface area contributed by atoms with Crippen LogP contribution in [0.3, 0.4) is 0 Å². The smallest absolute Gasteiger partial charge is 0.0927 e. The fraction of sp³-hybridized carbons (Fsp3) is 0.214. The van der Waals surface area contributed by atoms with Gasteiger partial charge in [-0.15, -0.1) is 0 Å². The summed E-state index contributed by atoms with van der Waals surface area (Å²) in [5, 5.41) is 4.43. The number of hydrogen-bond acceptors (Lipinski definition) is 3. The molecule has 90 valence electrons. The molecule has 1 aromatic carbocycles. The van der Waals surface area contributed by atoms with E-state index in [2.05, 4.69) is 22.0 Å². The van der Waals surface area contributed by atoms with Gasteiger partial charge in [0.25, 0.3) is 0 Å². The van der Waals surface area contributed by atoms with Gasteiger partial charge in [0, 0.05) is 18.3 Å². The lowest BCUT2D eigenvalue weighted by molar-refractivity contribution is 0.653. The van der Waals surface area contributed by atoms with Crippen LogP contribution < -0.4 is 0 Å². The largest absolute Gasteiger partial charge is 0.272 e. The van der Waals surface area contributed by atoms with Gasteiger partial charge in [0.05, 0.1) is 28.6 Å². The molecule has 0 atom stereocenters. The van der Waals surface area contributed by atoms with Crippen molar-refractivity contribution in [3.8, 4) is 11.3 Å². The monoisotopic (exact) mass is 238 g/mol. The minimum absolute atomic E-state index is 0.863. The summed E-state index contributed by atoms with van der Waals surface area (Å²) < 4.78 is 1.92. The fourth-order valence-corrected chi connectivity index (χ4v) is 2.02. The van der Waals surface area contributed by atoms with Crippen LogP contribution in [0.15, 0.2) is 36.7 Å². The molecule has 18 heavy (non-hydrogen) atoms. The maximum atomic E-state index is 4.64. The Morgan fingerprint density at radius 2 is 1.94 bits per heavy atom. The van der Waals surface area contributed by atoms with Gasteiger partial charge < -0.3 is 0 Å². The molecular weight excluding hydrogens is 224 g/mol. The van der Waals surface area contributed by atoms with E-state index in [0.717, 1.165) is 34.5 Å². The molecule has 0 spiro atoms. The molecule has 4 heteroatoms. The Kier molecular flexibility index (Phi) is 2.55. The summed E-state index contributed by atoms with van der Waals surface area (Å²) in [4.78, 5) is 9.07. The van der Waals surface area contributed by atoms with Gasteiger partial charge in [0.2, 0.25) is 0 Å². The first kappa shape index (κ1) is 10.9. The van der Waals surface area contributed by atoms with Crippen molar-refractivity contribution < 1.29 is 0 Å². The number of hydrogen-bond donors (Lipinski definition) is 0. The molecule has 2 aromatic heterocycles. The van der Waals surface area contributed by atoms with Crippen molar-refractivity contribution in [2.75, 3.05) is 0 Å². The quantitative estimate of drug-likeness (QED) is 0.689. The van der Waals surface area contributed by atoms with Gasteiger partial charge >= 0.3 is 0 Å². The standard InChI is InChI=1S/C14H14N4/c1-3-18-9-11(10(2)17-18)14-8-15-12-6-4-5-7-13(12)16-14/h4-9H,3H2,1-2H3. The summed E-state index contributed by atoms with van der Waals surface area (Å²) in [6, 6.07) is 7.89. The topological polar surface area (TPSA) is 43.6 Å². The minimum Gasteiger partial charge on any atom is -0.272 e. The van der Waals surface area contributed by atoms with Crippen molar-refractivity contribution in [1.29, 1.82) is 0 Å². The molecular formula is C14H14N4. The van der Waals surface area contributed by atoms with Crippen molar-refractivity contribution in [1.82, 2.24) is 19.7 Å². The number of rotatable bonds is 2. The van der Waals surface area contributed by atoms with E-state index in [1.165, 1.54) is 0 Å². The van der Waals surface area contributed by atoms with Gasteiger partial charge in [-0.2, -0.15) is 5.10 Å². The second kappa shape index (κ2) is 4.22. The van der Waals surface area contributed by atoms with Gasteiger partial charge in [0.15, 0.2) is 0 Å². The average molecular weight is 238 g/mol. The molecule has 4 nitrogen and oxygen atoms in total. The zero-order valence-electron chi connectivity index (χ0n) is 10.5. The maximum absolute atomic E-state index is 4.64. The predicted octanol–water partition coefficient (Wildman–Crippen LogP) is 2.82. The molecule has 0 aliphatic rings. The zero-order valence-corrected chi connectivity index (χ0v) is 10.5. The third-order valence-electron chi connectivity index (χ3n) is 2.99. The van der Waals surface area contributed by atoms with Crippen LogP contribution in [0.1, 0.15) is 12.6 Å². The Hall–Kier alpha value is -2.23. The molecule has 0 aliphatic heterocycles. The minimum atomic E-state index is 0.863. The van der Waals surface area contributed by atoms with Gasteiger partial charge in [-0.3, -0.25) is 9.67 Å². The molecule has 0 unspecified atom stereocenters. The third kappa shape index (κ3) is 1.76. The van der Waals surface area contributed by atoms with E-state index in [4.69, 9.17) is 0 Å². The van der Waals surface area contributed by atoms with Crippen LogP contribution in [0.25, 0.3) is 22.3 Å². The van der Waals surface area contributed by atoms with E-state index >= 15 is 0 Å². The molecule has 0 aliphatic carbocycles. The number of aromatic nitrogens is 4. The van der Waals surface area contributed by atoms with Crippen LogP contribution in [0.5, 0.6) is 0 Å². The highest BCUT2D eigenvalue weighted by Gasteiger charge is 2.09. The highest BCUT2D eigenvalue weighted by molar-refractivity contribution is 5.77. The van der Waals surface area contributed by atoms with E-state index < -0.39 is 0 Å². The molecule has 0 saturated carbocycles. The van der Waals surface area contributed by atoms with Crippen molar-refractivity contribution >= 4 is 11.0 Å². The predicted molar refractivity (Wildman–Crippen MR) is 71.2 cm³/mol. The van der Waals surface area contributed by atoms with Crippen LogP contribution >= 0.6 is 0 Å². The second-order valence-corrected chi connectivity index (χ2v) is 4.23. The summed E-state index contributed by atoms with van der Waals surface area (Å²) in [5.41, 5.74) is 4.75. The molecule has 0 amide bonds. The van der Waals surface area contributed by atoms with Crippen LogP contribution in [0.2, 0.25) is 0 Å². The summed E-state index contributed by atoms with van der Waals surface area (Å²) in [5.74, 6) is 0. The molecule has 0 N–H and O–H groups in total. The molecule has 2 heterocycles. The first-order valence-corrected chi connectivity index (χ1v) is 6.04. The number of fused-ring (bicyclic) bond motifs is 1. The summed E-state index contributed by atoms with van der Waals surface area (Å²) in [7, 11) is 0. The first-order valence-electron chi connectivity index (χ1n) is 6.04. The van der Waals surface area contributed by atoms with Crippen molar-refractivity contribution in [2.45, 2.75) is 20.4 Å². The Balaban J connectivity index is 2.15. The average Bonchev–Trinajstić information content (AvgIpc) is 2.79. The third-order valence-corrected chi connectivity index (χ3v) is 2.99. The summed E-state index contributed by atoms with van der Waals surface area (Å²) in [6.07, 6.45) is 3.83. The van der Waals surface area contributed by atoms with Crippen LogP contribution in [-0.2, 0) is 6.54 Å². The van der Waals surface area contributed by atoms with Crippen molar-refractivity contribution in [3.63, 3.8) is 0 Å². The van der Waals surface area contributed by atoms with Crippen molar-refractivity contribution in [2.24, 2.45) is 0 Å². The normalized spacial score (nSPS) is 11.0. The number of nitrogens with zero attached hydrogens (tertiary/aromatic N) is 4. The van der Waals surface area contributed by atoms with Gasteiger partial charge in [0.1, 0.15) is 0 Å². The maximum Gasteiger partial charge on any atom is 0.0927 e. The lowest BCUT2D eigenvalue weighted by Crippen LogP contribution is -1.93. The molecule has 0 bridgehead atoms. The Morgan fingerprint density at radius 3 is 2.67 bits per heavy atom. The molecule has 0 saturated heterocycles. The Morgan fingerprint density at radius 1 is 1.17 bits per heavy atom. The lowest BCUT2D eigenvalue weighted by Gasteiger charge is -2.00. The summed E-state index contributed by atoms with van der Waals surface area (Å²) in [6.45, 7) is 4.93. The highest BCUT2D eigenvalue weighted by Crippen LogP contribution is 2.21. The highest BCUT2D eigenvalue weighted by atomic mass is 15.3. The summed E-state index contributed by atoms with van der Waals surface area (Å²) >= 11 is 0. The number of benzene rings is 1. The molecule has 3 rings (SSSR count).